The van der Waals surface area contributed by atoms with E-state index in [4.69, 9.17) is 44.3 Å². The van der Waals surface area contributed by atoms with E-state index in [-0.39, 0.29) is 6.10 Å². The summed E-state index contributed by atoms with van der Waals surface area (Å²) in [4.78, 5) is 54.7. The molecule has 1 aliphatic carbocycles. The van der Waals surface area contributed by atoms with Crippen molar-refractivity contribution in [2.45, 2.75) is 76.1 Å². The number of benzene rings is 1. The van der Waals surface area contributed by atoms with Crippen molar-refractivity contribution in [1.29, 1.82) is 0 Å². The summed E-state index contributed by atoms with van der Waals surface area (Å²) in [5.74, 6) is -1.09. The van der Waals surface area contributed by atoms with Crippen molar-refractivity contribution in [3.05, 3.63) is 40.9 Å². The lowest BCUT2D eigenvalue weighted by Gasteiger charge is -2.44. The van der Waals surface area contributed by atoms with Crippen LogP contribution in [0, 0.1) is 12.8 Å². The van der Waals surface area contributed by atoms with Crippen molar-refractivity contribution < 1.29 is 28.7 Å². The minimum absolute atomic E-state index is 0.274. The van der Waals surface area contributed by atoms with E-state index in [1.807, 2.05) is 20.8 Å². The van der Waals surface area contributed by atoms with E-state index in [1.165, 1.54) is 39.8 Å². The van der Waals surface area contributed by atoms with Gasteiger partial charge >= 0.3 is 12.1 Å². The number of β-lactam (4-membered cyclic amide) rings is 1. The van der Waals surface area contributed by atoms with E-state index in [0.29, 0.717) is 21.6 Å². The number of hydrogen-bond donors (Lipinski definition) is 2. The summed E-state index contributed by atoms with van der Waals surface area (Å²) in [5.41, 5.74) is 0.519. The zero-order valence-electron chi connectivity index (χ0n) is 23.8. The molecule has 5 rings (SSSR count). The molecule has 11 nitrogen and oxygen atoms in total. The van der Waals surface area contributed by atoms with Crippen LogP contribution in [0.3, 0.4) is 0 Å². The van der Waals surface area contributed by atoms with Gasteiger partial charge in [0.15, 0.2) is 4.34 Å². The number of halogens is 3. The minimum atomic E-state index is -1.83. The van der Waals surface area contributed by atoms with Crippen LogP contribution < -0.4 is 10.6 Å². The summed E-state index contributed by atoms with van der Waals surface area (Å²) < 4.78 is 8.85. The Morgan fingerprint density at radius 2 is 1.91 bits per heavy atom. The average Bonchev–Trinajstić information content (AvgIpc) is 3.69. The second-order valence-electron chi connectivity index (χ2n) is 11.0. The van der Waals surface area contributed by atoms with Gasteiger partial charge in [0.2, 0.25) is 15.6 Å². The number of carbonyl (C=O) groups is 4. The number of rotatable bonds is 11. The highest BCUT2D eigenvalue weighted by atomic mass is 35.6. The number of hydrogen-bond acceptors (Lipinski definition) is 11. The van der Waals surface area contributed by atoms with Crippen LogP contribution in [0.5, 0.6) is 0 Å². The number of amides is 3. The Morgan fingerprint density at radius 1 is 1.20 bits per heavy atom. The topological polar surface area (TPSA) is 140 Å². The first-order valence-corrected chi connectivity index (χ1v) is 17.6. The smallest absolute Gasteiger partial charge is 0.408 e. The van der Waals surface area contributed by atoms with Crippen molar-refractivity contribution in [2.75, 3.05) is 12.4 Å². The molecule has 0 spiro atoms. The molecule has 1 aromatic carbocycles. The highest BCUT2D eigenvalue weighted by Crippen LogP contribution is 2.53. The summed E-state index contributed by atoms with van der Waals surface area (Å²) in [7, 11) is 0. The Hall–Kier alpha value is -1.97. The number of aromatic nitrogens is 2. The monoisotopic (exact) mass is 721 g/mol. The van der Waals surface area contributed by atoms with Crippen LogP contribution in [-0.2, 0) is 23.9 Å². The SMILES string of the molecule is Cc1nnc(SCC2(C)S[C@@H]3C(NC(=O)C(NC(=O)OC(C)C4CC4)c4ccccc4)C(=O)N3C2C(=O)OCC(Cl)(Cl)Cl)s1. The van der Waals surface area contributed by atoms with Crippen LogP contribution >= 0.6 is 69.7 Å². The number of aryl methyl sites for hydroxylation is 1. The Morgan fingerprint density at radius 3 is 2.52 bits per heavy atom. The summed E-state index contributed by atoms with van der Waals surface area (Å²) in [6, 6.07) is 5.59. The number of carbonyl (C=O) groups excluding carboxylic acids is 4. The van der Waals surface area contributed by atoms with Gasteiger partial charge in [0.05, 0.1) is 4.75 Å². The lowest BCUT2D eigenvalue weighted by Crippen LogP contribution is -2.71. The van der Waals surface area contributed by atoms with Crippen LogP contribution in [0.1, 0.15) is 43.3 Å². The maximum Gasteiger partial charge on any atom is 0.408 e. The second-order valence-corrected chi connectivity index (χ2v) is 17.6. The maximum atomic E-state index is 13.6. The van der Waals surface area contributed by atoms with Gasteiger partial charge in [0, 0.05) is 5.75 Å². The molecule has 2 aromatic rings. The molecule has 6 atom stereocenters. The fourth-order valence-electron chi connectivity index (χ4n) is 5.07. The van der Waals surface area contributed by atoms with E-state index in [9.17, 15) is 19.2 Å². The molecule has 238 valence electrons. The molecule has 2 aliphatic heterocycles. The molecule has 2 saturated heterocycles. The van der Waals surface area contributed by atoms with Gasteiger partial charge in [-0.15, -0.1) is 22.0 Å². The standard InChI is InChI=1S/C27H30Cl3N5O6S3/c1-13(15-9-10-15)41-24(39)32-17(16-7-5-4-6-8-16)20(36)31-18-21(37)35-19(23(38)40-11-27(28,29)30)26(3,44-22(18)35)12-42-25-34-33-14(2)43-25/h4-8,13,15,17-19,22H,9-12H2,1-3H3,(H,31,36)(H,32,39)/t13?,17?,18?,19?,22-,26?/m1/s1. The molecule has 3 amide bonds. The predicted molar refractivity (Wildman–Crippen MR) is 170 cm³/mol. The van der Waals surface area contributed by atoms with E-state index < -0.39 is 62.5 Å². The van der Waals surface area contributed by atoms with Gasteiger partial charge in [-0.3, -0.25) is 9.59 Å². The molecule has 1 aromatic heterocycles. The van der Waals surface area contributed by atoms with Crippen LogP contribution in [0.15, 0.2) is 34.7 Å². The first-order valence-electron chi connectivity index (χ1n) is 13.7. The molecule has 44 heavy (non-hydrogen) atoms. The van der Waals surface area contributed by atoms with Crippen LogP contribution in [0.2, 0.25) is 0 Å². The Balaban J connectivity index is 1.32. The molecule has 3 heterocycles. The van der Waals surface area contributed by atoms with Crippen LogP contribution in [0.4, 0.5) is 4.79 Å². The molecule has 3 fully saturated rings. The molecule has 2 N–H and O–H groups in total. The van der Waals surface area contributed by atoms with Crippen LogP contribution in [-0.4, -0.2) is 83.4 Å². The largest absolute Gasteiger partial charge is 0.460 e. The van der Waals surface area contributed by atoms with Gasteiger partial charge in [0.25, 0.3) is 0 Å². The molecule has 0 bridgehead atoms. The number of nitrogens with zero attached hydrogens (tertiary/aromatic N) is 3. The van der Waals surface area contributed by atoms with Gasteiger partial charge in [-0.1, -0.05) is 88.2 Å². The zero-order valence-corrected chi connectivity index (χ0v) is 28.5. The molecule has 3 aliphatic rings. The molecule has 1 saturated carbocycles. The average molecular weight is 723 g/mol. The number of fused-ring (bicyclic) bond motifs is 1. The van der Waals surface area contributed by atoms with Gasteiger partial charge in [0.1, 0.15) is 41.2 Å². The van der Waals surface area contributed by atoms with Crippen LogP contribution in [0.25, 0.3) is 0 Å². The van der Waals surface area contributed by atoms with E-state index in [0.717, 1.165) is 17.8 Å². The lowest BCUT2D eigenvalue weighted by molar-refractivity contribution is -0.164. The minimum Gasteiger partial charge on any atom is -0.460 e. The first-order chi connectivity index (χ1) is 20.8. The summed E-state index contributed by atoms with van der Waals surface area (Å²) in [6.07, 6.45) is 0.989. The fraction of sp³-hybridized carbons (Fsp3) is 0.556. The Kier molecular flexibility index (Phi) is 10.2. The van der Waals surface area contributed by atoms with Crippen molar-refractivity contribution in [2.24, 2.45) is 5.92 Å². The van der Waals surface area contributed by atoms with Gasteiger partial charge in [-0.2, -0.15) is 0 Å². The van der Waals surface area contributed by atoms with Crippen molar-refractivity contribution in [3.8, 4) is 0 Å². The zero-order chi connectivity index (χ0) is 31.8. The molecular formula is C27H30Cl3N5O6S3. The van der Waals surface area contributed by atoms with Gasteiger partial charge in [-0.25, -0.2) is 9.59 Å². The highest BCUT2D eigenvalue weighted by molar-refractivity contribution is 8.05. The molecular weight excluding hydrogens is 693 g/mol. The normalized spacial score (nSPS) is 25.8. The summed E-state index contributed by atoms with van der Waals surface area (Å²) >= 11 is 21.6. The van der Waals surface area contributed by atoms with E-state index >= 15 is 0 Å². The highest BCUT2D eigenvalue weighted by Gasteiger charge is 2.66. The lowest BCUT2D eigenvalue weighted by atomic mass is 9.95. The maximum absolute atomic E-state index is 13.6. The number of esters is 1. The molecule has 17 heteroatoms. The van der Waals surface area contributed by atoms with E-state index in [2.05, 4.69) is 20.8 Å². The number of alkyl carbamates (subject to hydrolysis) is 1. The number of nitrogens with one attached hydrogen (secondary N) is 2. The van der Waals surface area contributed by atoms with Gasteiger partial charge < -0.3 is 25.0 Å². The third-order valence-electron chi connectivity index (χ3n) is 7.45. The number of alkyl halides is 3. The van der Waals surface area contributed by atoms with Gasteiger partial charge in [-0.05, 0) is 45.1 Å². The number of ether oxygens (including phenoxy) is 2. The quantitative estimate of drug-likeness (QED) is 0.146. The molecule has 0 radical (unpaired) electrons. The van der Waals surface area contributed by atoms with Crippen molar-refractivity contribution in [3.63, 3.8) is 0 Å². The van der Waals surface area contributed by atoms with Crippen molar-refractivity contribution >= 4 is 93.5 Å². The third-order valence-corrected chi connectivity index (χ3v) is 11.9. The predicted octanol–water partition coefficient (Wildman–Crippen LogP) is 4.65. The second kappa shape index (κ2) is 13.4. The number of thioether (sulfide) groups is 2. The Bertz CT molecular complexity index is 1410. The Labute approximate surface area is 281 Å². The summed E-state index contributed by atoms with van der Waals surface area (Å²) in [5, 5.41) is 13.8. The summed E-state index contributed by atoms with van der Waals surface area (Å²) in [6.45, 7) is 5.01. The molecule has 5 unspecified atom stereocenters. The van der Waals surface area contributed by atoms with E-state index in [1.54, 1.807) is 30.3 Å². The fourth-order valence-corrected chi connectivity index (χ4v) is 9.09. The third kappa shape index (κ3) is 7.69. The first kappa shape index (κ1) is 33.4. The van der Waals surface area contributed by atoms with Crippen molar-refractivity contribution in [1.82, 2.24) is 25.7 Å².